The van der Waals surface area contributed by atoms with Crippen molar-refractivity contribution in [1.82, 2.24) is 0 Å². The van der Waals surface area contributed by atoms with E-state index in [1.54, 1.807) is 0 Å². The van der Waals surface area contributed by atoms with Crippen LogP contribution in [0.15, 0.2) is 42.0 Å². The molecule has 2 N–H and O–H groups in total. The van der Waals surface area contributed by atoms with E-state index in [0.717, 1.165) is 0 Å². The molecule has 1 aliphatic rings. The molecule has 1 heteroatoms. The Morgan fingerprint density at radius 1 is 1.25 bits per heavy atom. The average Bonchev–Trinajstić information content (AvgIpc) is 2.16. The molecule has 1 atom stereocenters. The number of benzene rings is 1. The highest BCUT2D eigenvalue weighted by molar-refractivity contribution is 5.32. The van der Waals surface area contributed by atoms with Gasteiger partial charge in [-0.05, 0) is 32.3 Å². The van der Waals surface area contributed by atoms with Gasteiger partial charge in [0.2, 0.25) is 0 Å². The Bertz CT molecular complexity index is 370. The number of nitrogens with two attached hydrogens (primary N) is 1. The summed E-state index contributed by atoms with van der Waals surface area (Å²) in [7, 11) is 0. The fourth-order valence-electron chi connectivity index (χ4n) is 2.66. The normalized spacial score (nSPS) is 19.7. The van der Waals surface area contributed by atoms with E-state index in [9.17, 15) is 0 Å². The molecule has 86 valence electrons. The standard InChI is InChI=1S/C15H21N/c1-12(2)11-14(16)15(9-6-10-15)13-7-4-3-5-8-13/h3-5,7-8,11,14H,6,9-10,16H2,1-2H3. The lowest BCUT2D eigenvalue weighted by Gasteiger charge is -2.46. The van der Waals surface area contributed by atoms with Crippen LogP contribution in [0.5, 0.6) is 0 Å². The second kappa shape index (κ2) is 4.42. The Hall–Kier alpha value is -1.08. The summed E-state index contributed by atoms with van der Waals surface area (Å²) in [5.41, 5.74) is 9.30. The predicted molar refractivity (Wildman–Crippen MR) is 69.4 cm³/mol. The number of allylic oxidation sites excluding steroid dienone is 1. The first kappa shape index (κ1) is 11.4. The van der Waals surface area contributed by atoms with E-state index in [-0.39, 0.29) is 11.5 Å². The zero-order valence-corrected chi connectivity index (χ0v) is 10.2. The Balaban J connectivity index is 2.30. The van der Waals surface area contributed by atoms with Crippen molar-refractivity contribution < 1.29 is 0 Å². The van der Waals surface area contributed by atoms with Crippen LogP contribution in [0.4, 0.5) is 0 Å². The van der Waals surface area contributed by atoms with Crippen LogP contribution >= 0.6 is 0 Å². The Morgan fingerprint density at radius 2 is 1.88 bits per heavy atom. The van der Waals surface area contributed by atoms with Gasteiger partial charge in [-0.2, -0.15) is 0 Å². The molecule has 0 amide bonds. The smallest absolute Gasteiger partial charge is 0.0324 e. The summed E-state index contributed by atoms with van der Waals surface area (Å²) in [4.78, 5) is 0. The summed E-state index contributed by atoms with van der Waals surface area (Å²) in [6.45, 7) is 4.24. The zero-order chi connectivity index (χ0) is 11.6. The van der Waals surface area contributed by atoms with Gasteiger partial charge >= 0.3 is 0 Å². The third kappa shape index (κ3) is 1.92. The van der Waals surface area contributed by atoms with E-state index >= 15 is 0 Å². The van der Waals surface area contributed by atoms with Gasteiger partial charge in [-0.1, -0.05) is 48.4 Å². The zero-order valence-electron chi connectivity index (χ0n) is 10.2. The van der Waals surface area contributed by atoms with E-state index in [4.69, 9.17) is 5.73 Å². The van der Waals surface area contributed by atoms with Crippen LogP contribution in [0.3, 0.4) is 0 Å². The summed E-state index contributed by atoms with van der Waals surface area (Å²) >= 11 is 0. The van der Waals surface area contributed by atoms with Crippen molar-refractivity contribution >= 4 is 0 Å². The van der Waals surface area contributed by atoms with Crippen molar-refractivity contribution in [3.05, 3.63) is 47.5 Å². The molecule has 1 aromatic carbocycles. The lowest BCUT2D eigenvalue weighted by molar-refractivity contribution is 0.219. The molecule has 1 fully saturated rings. The van der Waals surface area contributed by atoms with E-state index < -0.39 is 0 Å². The largest absolute Gasteiger partial charge is 0.324 e. The van der Waals surface area contributed by atoms with Crippen LogP contribution in [-0.4, -0.2) is 6.04 Å². The van der Waals surface area contributed by atoms with Crippen LogP contribution in [0.1, 0.15) is 38.7 Å². The molecule has 1 saturated carbocycles. The molecule has 0 heterocycles. The maximum absolute atomic E-state index is 6.37. The first-order valence-corrected chi connectivity index (χ1v) is 6.11. The summed E-state index contributed by atoms with van der Waals surface area (Å²) in [6, 6.07) is 10.9. The maximum atomic E-state index is 6.37. The number of rotatable bonds is 3. The molecule has 2 rings (SSSR count). The van der Waals surface area contributed by atoms with Crippen molar-refractivity contribution in [2.45, 2.75) is 44.6 Å². The molecular weight excluding hydrogens is 194 g/mol. The Kier molecular flexibility index (Phi) is 3.15. The molecule has 0 radical (unpaired) electrons. The van der Waals surface area contributed by atoms with Gasteiger partial charge in [0.1, 0.15) is 0 Å². The van der Waals surface area contributed by atoms with Gasteiger partial charge in [0.05, 0.1) is 0 Å². The topological polar surface area (TPSA) is 26.0 Å². The second-order valence-corrected chi connectivity index (χ2v) is 5.15. The van der Waals surface area contributed by atoms with Crippen molar-refractivity contribution in [2.75, 3.05) is 0 Å². The fourth-order valence-corrected chi connectivity index (χ4v) is 2.66. The molecule has 0 bridgehead atoms. The van der Waals surface area contributed by atoms with Crippen LogP contribution < -0.4 is 5.73 Å². The van der Waals surface area contributed by atoms with Crippen LogP contribution in [0, 0.1) is 0 Å². The van der Waals surface area contributed by atoms with Gasteiger partial charge in [-0.3, -0.25) is 0 Å². The molecule has 1 aliphatic carbocycles. The average molecular weight is 215 g/mol. The molecule has 0 spiro atoms. The van der Waals surface area contributed by atoms with E-state index in [0.29, 0.717) is 0 Å². The van der Waals surface area contributed by atoms with E-state index in [1.165, 1.54) is 30.4 Å². The van der Waals surface area contributed by atoms with Crippen molar-refractivity contribution in [2.24, 2.45) is 5.73 Å². The van der Waals surface area contributed by atoms with Gasteiger partial charge in [0.25, 0.3) is 0 Å². The molecule has 16 heavy (non-hydrogen) atoms. The predicted octanol–water partition coefficient (Wildman–Crippen LogP) is 3.40. The Morgan fingerprint density at radius 3 is 2.31 bits per heavy atom. The first-order chi connectivity index (χ1) is 7.65. The monoisotopic (exact) mass is 215 g/mol. The van der Waals surface area contributed by atoms with Gasteiger partial charge < -0.3 is 5.73 Å². The minimum absolute atomic E-state index is 0.161. The van der Waals surface area contributed by atoms with Gasteiger partial charge in [0, 0.05) is 11.5 Å². The lowest BCUT2D eigenvalue weighted by Crippen LogP contribution is -2.49. The SMILES string of the molecule is CC(C)=CC(N)C1(c2ccccc2)CCC1. The Labute approximate surface area is 98.4 Å². The van der Waals surface area contributed by atoms with Crippen molar-refractivity contribution in [3.8, 4) is 0 Å². The molecule has 0 aliphatic heterocycles. The molecule has 0 aromatic heterocycles. The highest BCUT2D eigenvalue weighted by atomic mass is 14.7. The minimum Gasteiger partial charge on any atom is -0.324 e. The van der Waals surface area contributed by atoms with E-state index in [2.05, 4.69) is 50.3 Å². The quantitative estimate of drug-likeness (QED) is 0.768. The highest BCUT2D eigenvalue weighted by Gasteiger charge is 2.42. The van der Waals surface area contributed by atoms with Gasteiger partial charge in [-0.25, -0.2) is 0 Å². The van der Waals surface area contributed by atoms with E-state index in [1.807, 2.05) is 0 Å². The third-order valence-electron chi connectivity index (χ3n) is 3.75. The second-order valence-electron chi connectivity index (χ2n) is 5.15. The van der Waals surface area contributed by atoms with Crippen molar-refractivity contribution in [3.63, 3.8) is 0 Å². The van der Waals surface area contributed by atoms with Crippen LogP contribution in [0.25, 0.3) is 0 Å². The summed E-state index contributed by atoms with van der Waals surface area (Å²) < 4.78 is 0. The third-order valence-corrected chi connectivity index (χ3v) is 3.75. The maximum Gasteiger partial charge on any atom is 0.0324 e. The highest BCUT2D eigenvalue weighted by Crippen LogP contribution is 2.46. The minimum atomic E-state index is 0.161. The lowest BCUT2D eigenvalue weighted by atomic mass is 9.60. The van der Waals surface area contributed by atoms with Gasteiger partial charge in [0.15, 0.2) is 0 Å². The van der Waals surface area contributed by atoms with Crippen LogP contribution in [-0.2, 0) is 5.41 Å². The fraction of sp³-hybridized carbons (Fsp3) is 0.467. The van der Waals surface area contributed by atoms with Crippen molar-refractivity contribution in [1.29, 1.82) is 0 Å². The molecule has 1 aromatic rings. The number of hydrogen-bond donors (Lipinski definition) is 1. The molecule has 1 nitrogen and oxygen atoms in total. The first-order valence-electron chi connectivity index (χ1n) is 6.11. The molecule has 0 saturated heterocycles. The van der Waals surface area contributed by atoms with Crippen LogP contribution in [0.2, 0.25) is 0 Å². The number of hydrogen-bond acceptors (Lipinski definition) is 1. The summed E-state index contributed by atoms with van der Waals surface area (Å²) in [5.74, 6) is 0. The summed E-state index contributed by atoms with van der Waals surface area (Å²) in [6.07, 6.45) is 5.97. The molecule has 1 unspecified atom stereocenters. The van der Waals surface area contributed by atoms with Gasteiger partial charge in [-0.15, -0.1) is 0 Å². The molecular formula is C15H21N. The summed E-state index contributed by atoms with van der Waals surface area (Å²) in [5, 5.41) is 0.